The highest BCUT2D eigenvalue weighted by atomic mass is 32.2. The van der Waals surface area contributed by atoms with Gasteiger partial charge in [-0.25, -0.2) is 4.79 Å². The third-order valence-corrected chi connectivity index (χ3v) is 3.60. The predicted molar refractivity (Wildman–Crippen MR) is 78.1 cm³/mol. The molecule has 0 unspecified atom stereocenters. The molecule has 1 heterocycles. The van der Waals surface area contributed by atoms with Crippen molar-refractivity contribution in [3.8, 4) is 0 Å². The number of esters is 1. The summed E-state index contributed by atoms with van der Waals surface area (Å²) in [7, 11) is 3.12. The van der Waals surface area contributed by atoms with E-state index in [1.54, 1.807) is 42.2 Å². The van der Waals surface area contributed by atoms with Gasteiger partial charge in [-0.2, -0.15) is 0 Å². The van der Waals surface area contributed by atoms with E-state index in [4.69, 9.17) is 0 Å². The first-order chi connectivity index (χ1) is 10.1. The fraction of sp³-hybridized carbons (Fsp3) is 0.231. The van der Waals surface area contributed by atoms with Gasteiger partial charge in [-0.15, -0.1) is 10.2 Å². The van der Waals surface area contributed by atoms with Crippen LogP contribution in [0.5, 0.6) is 0 Å². The summed E-state index contributed by atoms with van der Waals surface area (Å²) in [6.45, 7) is 0. The second kappa shape index (κ2) is 6.89. The van der Waals surface area contributed by atoms with Crippen LogP contribution in [0.15, 0.2) is 35.7 Å². The predicted octanol–water partition coefficient (Wildman–Crippen LogP) is 1.33. The Morgan fingerprint density at radius 3 is 2.90 bits per heavy atom. The van der Waals surface area contributed by atoms with Gasteiger partial charge in [0.2, 0.25) is 5.91 Å². The van der Waals surface area contributed by atoms with Gasteiger partial charge in [-0.1, -0.05) is 17.8 Å². The number of anilines is 1. The van der Waals surface area contributed by atoms with Crippen LogP contribution >= 0.6 is 11.8 Å². The molecule has 7 nitrogen and oxygen atoms in total. The number of carbonyl (C=O) groups excluding carboxylic acids is 2. The average molecular weight is 306 g/mol. The van der Waals surface area contributed by atoms with Crippen LogP contribution in [0, 0.1) is 0 Å². The number of nitrogens with one attached hydrogen (secondary N) is 1. The molecule has 2 aromatic rings. The van der Waals surface area contributed by atoms with Crippen LogP contribution in [-0.4, -0.2) is 39.5 Å². The number of rotatable bonds is 5. The molecule has 0 bridgehead atoms. The zero-order valence-corrected chi connectivity index (χ0v) is 12.4. The topological polar surface area (TPSA) is 86.1 Å². The van der Waals surface area contributed by atoms with Crippen molar-refractivity contribution in [1.29, 1.82) is 0 Å². The molecule has 1 amide bonds. The van der Waals surface area contributed by atoms with Crippen molar-refractivity contribution in [3.63, 3.8) is 0 Å². The van der Waals surface area contributed by atoms with Crippen LogP contribution in [0.25, 0.3) is 0 Å². The smallest absolute Gasteiger partial charge is 0.337 e. The number of carbonyl (C=O) groups is 2. The Hall–Kier alpha value is -2.35. The standard InChI is InChI=1S/C13H14N4O3S/c1-17-8-14-16-13(17)21-7-11(18)15-10-5-3-4-9(6-10)12(19)20-2/h3-6,8H,7H2,1-2H3,(H,15,18). The van der Waals surface area contributed by atoms with Gasteiger partial charge in [-0.05, 0) is 18.2 Å². The fourth-order valence-corrected chi connectivity index (χ4v) is 2.26. The van der Waals surface area contributed by atoms with E-state index in [0.29, 0.717) is 16.4 Å². The molecule has 110 valence electrons. The Morgan fingerprint density at radius 1 is 1.43 bits per heavy atom. The third kappa shape index (κ3) is 4.06. The lowest BCUT2D eigenvalue weighted by Crippen LogP contribution is -2.15. The molecule has 0 saturated heterocycles. The number of ether oxygens (including phenoxy) is 1. The lowest BCUT2D eigenvalue weighted by atomic mass is 10.2. The molecule has 0 aliphatic rings. The Kier molecular flexibility index (Phi) is 4.94. The molecular formula is C13H14N4O3S. The number of hydrogen-bond donors (Lipinski definition) is 1. The maximum atomic E-state index is 11.9. The number of nitrogens with zero attached hydrogens (tertiary/aromatic N) is 3. The van der Waals surface area contributed by atoms with Crippen LogP contribution in [0.2, 0.25) is 0 Å². The van der Waals surface area contributed by atoms with Crippen LogP contribution in [0.3, 0.4) is 0 Å². The minimum atomic E-state index is -0.445. The molecule has 1 N–H and O–H groups in total. The molecule has 0 spiro atoms. The second-order valence-corrected chi connectivity index (χ2v) is 5.08. The summed E-state index contributed by atoms with van der Waals surface area (Å²) in [4.78, 5) is 23.3. The minimum absolute atomic E-state index is 0.190. The van der Waals surface area contributed by atoms with Crippen molar-refractivity contribution in [1.82, 2.24) is 14.8 Å². The van der Waals surface area contributed by atoms with Crippen molar-refractivity contribution < 1.29 is 14.3 Å². The van der Waals surface area contributed by atoms with E-state index in [0.717, 1.165) is 0 Å². The van der Waals surface area contributed by atoms with Crippen LogP contribution in [0.4, 0.5) is 5.69 Å². The van der Waals surface area contributed by atoms with Crippen LogP contribution in [0.1, 0.15) is 10.4 Å². The van der Waals surface area contributed by atoms with Gasteiger partial charge in [0.1, 0.15) is 6.33 Å². The summed E-state index contributed by atoms with van der Waals surface area (Å²) >= 11 is 1.28. The van der Waals surface area contributed by atoms with Crippen LogP contribution in [-0.2, 0) is 16.6 Å². The first kappa shape index (κ1) is 15.0. The van der Waals surface area contributed by atoms with Gasteiger partial charge in [0.15, 0.2) is 5.16 Å². The Labute approximate surface area is 125 Å². The van der Waals surface area contributed by atoms with E-state index < -0.39 is 5.97 Å². The molecule has 1 aromatic heterocycles. The first-order valence-electron chi connectivity index (χ1n) is 6.05. The molecule has 0 radical (unpaired) electrons. The number of amides is 1. The number of aromatic nitrogens is 3. The number of benzene rings is 1. The van der Waals surface area contributed by atoms with E-state index in [1.165, 1.54) is 18.9 Å². The van der Waals surface area contributed by atoms with E-state index in [-0.39, 0.29) is 11.7 Å². The second-order valence-electron chi connectivity index (χ2n) is 4.13. The Morgan fingerprint density at radius 2 is 2.24 bits per heavy atom. The van der Waals surface area contributed by atoms with Gasteiger partial charge >= 0.3 is 5.97 Å². The molecule has 21 heavy (non-hydrogen) atoms. The molecule has 2 rings (SSSR count). The molecular weight excluding hydrogens is 292 g/mol. The summed E-state index contributed by atoms with van der Waals surface area (Å²) in [5.41, 5.74) is 0.928. The van der Waals surface area contributed by atoms with Gasteiger partial charge in [-0.3, -0.25) is 4.79 Å². The van der Waals surface area contributed by atoms with Crippen molar-refractivity contribution >= 4 is 29.3 Å². The number of thioether (sulfide) groups is 1. The third-order valence-electron chi connectivity index (χ3n) is 2.57. The zero-order valence-electron chi connectivity index (χ0n) is 11.6. The van der Waals surface area contributed by atoms with Crippen molar-refractivity contribution in [2.24, 2.45) is 7.05 Å². The zero-order chi connectivity index (χ0) is 15.2. The monoisotopic (exact) mass is 306 g/mol. The van der Waals surface area contributed by atoms with Gasteiger partial charge in [0.25, 0.3) is 0 Å². The Balaban J connectivity index is 1.93. The SMILES string of the molecule is COC(=O)c1cccc(NC(=O)CSc2nncn2C)c1. The van der Waals surface area contributed by atoms with Crippen molar-refractivity contribution in [2.75, 3.05) is 18.2 Å². The minimum Gasteiger partial charge on any atom is -0.465 e. The normalized spacial score (nSPS) is 10.2. The van der Waals surface area contributed by atoms with Crippen LogP contribution < -0.4 is 5.32 Å². The largest absolute Gasteiger partial charge is 0.465 e. The van der Waals surface area contributed by atoms with Gasteiger partial charge < -0.3 is 14.6 Å². The first-order valence-corrected chi connectivity index (χ1v) is 7.03. The van der Waals surface area contributed by atoms with E-state index in [1.807, 2.05) is 0 Å². The lowest BCUT2D eigenvalue weighted by molar-refractivity contribution is -0.113. The fourth-order valence-electron chi connectivity index (χ4n) is 1.57. The van der Waals surface area contributed by atoms with Gasteiger partial charge in [0, 0.05) is 12.7 Å². The van der Waals surface area contributed by atoms with Crippen molar-refractivity contribution in [3.05, 3.63) is 36.2 Å². The lowest BCUT2D eigenvalue weighted by Gasteiger charge is -2.06. The summed E-state index contributed by atoms with van der Waals surface area (Å²) in [5, 5.41) is 11.0. The Bertz CT molecular complexity index is 656. The van der Waals surface area contributed by atoms with E-state index >= 15 is 0 Å². The summed E-state index contributed by atoms with van der Waals surface area (Å²) in [6.07, 6.45) is 1.57. The molecule has 0 aliphatic carbocycles. The molecule has 0 fully saturated rings. The maximum Gasteiger partial charge on any atom is 0.337 e. The maximum absolute atomic E-state index is 11.9. The molecule has 0 aliphatic heterocycles. The van der Waals surface area contributed by atoms with E-state index in [2.05, 4.69) is 20.3 Å². The number of hydrogen-bond acceptors (Lipinski definition) is 6. The molecule has 0 atom stereocenters. The summed E-state index contributed by atoms with van der Waals surface area (Å²) in [5.74, 6) is -0.431. The average Bonchev–Trinajstić information content (AvgIpc) is 2.90. The van der Waals surface area contributed by atoms with Gasteiger partial charge in [0.05, 0.1) is 18.4 Å². The molecule has 0 saturated carbocycles. The molecule has 1 aromatic carbocycles. The van der Waals surface area contributed by atoms with Crippen molar-refractivity contribution in [2.45, 2.75) is 5.16 Å². The highest BCUT2D eigenvalue weighted by molar-refractivity contribution is 7.99. The summed E-state index contributed by atoms with van der Waals surface area (Å²) in [6, 6.07) is 6.57. The highest BCUT2D eigenvalue weighted by Crippen LogP contribution is 2.15. The summed E-state index contributed by atoms with van der Waals surface area (Å²) < 4.78 is 6.36. The van der Waals surface area contributed by atoms with E-state index in [9.17, 15) is 9.59 Å². The number of methoxy groups -OCH3 is 1. The highest BCUT2D eigenvalue weighted by Gasteiger charge is 2.09. The quantitative estimate of drug-likeness (QED) is 0.662. The molecule has 8 heteroatoms. The number of aryl methyl sites for hydroxylation is 1.